The summed E-state index contributed by atoms with van der Waals surface area (Å²) in [7, 11) is 0. The first-order chi connectivity index (χ1) is 7.57. The van der Waals surface area contributed by atoms with E-state index < -0.39 is 5.41 Å². The fraction of sp³-hybridized carbons (Fsp3) is 0.429. The van der Waals surface area contributed by atoms with Gasteiger partial charge in [0, 0.05) is 6.42 Å². The predicted octanol–water partition coefficient (Wildman–Crippen LogP) is 2.73. The Balaban J connectivity index is 2.49. The molecule has 1 aromatic rings. The summed E-state index contributed by atoms with van der Waals surface area (Å²) in [6, 6.07) is 9.88. The fourth-order valence-electron chi connectivity index (χ4n) is 2.52. The number of carbonyl (C=O) groups is 1. The summed E-state index contributed by atoms with van der Waals surface area (Å²) in [5.74, 6) is 0.0860. The Kier molecular flexibility index (Phi) is 2.66. The zero-order chi connectivity index (χ0) is 11.8. The molecule has 0 aromatic heterocycles. The Hall–Kier alpha value is -1.44. The highest BCUT2D eigenvalue weighted by molar-refractivity contribution is 5.85. The quantitative estimate of drug-likeness (QED) is 0.562. The molecule has 0 unspecified atom stereocenters. The molecule has 2 atom stereocenters. The lowest BCUT2D eigenvalue weighted by atomic mass is 9.70. The molecule has 0 N–H and O–H groups in total. The van der Waals surface area contributed by atoms with E-state index in [4.69, 9.17) is 4.74 Å². The maximum Gasteiger partial charge on any atom is 0.320 e. The molecule has 0 spiro atoms. The minimum atomic E-state index is -0.506. The van der Waals surface area contributed by atoms with Crippen LogP contribution in [0.3, 0.4) is 0 Å². The van der Waals surface area contributed by atoms with Gasteiger partial charge in [0.1, 0.15) is 12.3 Å². The van der Waals surface area contributed by atoms with Gasteiger partial charge in [0.2, 0.25) is 6.10 Å². The van der Waals surface area contributed by atoms with Crippen molar-refractivity contribution in [1.29, 1.82) is 0 Å². The molecular weight excluding hydrogens is 200 g/mol. The zero-order valence-corrected chi connectivity index (χ0v) is 9.77. The number of carbonyl (C=O) groups excluding carboxylic acids is 1. The zero-order valence-electron chi connectivity index (χ0n) is 9.77. The molecule has 1 saturated heterocycles. The minimum absolute atomic E-state index is 0.131. The molecule has 0 aliphatic carbocycles. The molecule has 1 aromatic carbocycles. The van der Waals surface area contributed by atoms with Gasteiger partial charge in [-0.1, -0.05) is 44.2 Å². The van der Waals surface area contributed by atoms with E-state index in [-0.39, 0.29) is 18.0 Å². The standard InChI is InChI=1S/C14H17O2/c1-10(2)14(9-11(3)16-13(14)15)12-7-5-4-6-8-12/h4-8,10-11H,3,9H2,1-2H3/q+1/t11-,14+/m0/s1. The second-order valence-corrected chi connectivity index (χ2v) is 4.72. The number of esters is 1. The average Bonchev–Trinajstić information content (AvgIpc) is 2.56. The van der Waals surface area contributed by atoms with Crippen LogP contribution in [0.1, 0.15) is 25.8 Å². The fourth-order valence-corrected chi connectivity index (χ4v) is 2.52. The number of benzene rings is 1. The molecule has 0 amide bonds. The highest BCUT2D eigenvalue weighted by atomic mass is 16.6. The van der Waals surface area contributed by atoms with Crippen molar-refractivity contribution in [3.63, 3.8) is 0 Å². The third-order valence-corrected chi connectivity index (χ3v) is 3.46. The Morgan fingerprint density at radius 3 is 2.44 bits per heavy atom. The normalized spacial score (nSPS) is 29.4. The van der Waals surface area contributed by atoms with Crippen molar-refractivity contribution in [3.8, 4) is 0 Å². The number of rotatable bonds is 2. The average molecular weight is 217 g/mol. The first-order valence-corrected chi connectivity index (χ1v) is 5.67. The Labute approximate surface area is 96.6 Å². The first-order valence-electron chi connectivity index (χ1n) is 5.67. The van der Waals surface area contributed by atoms with Gasteiger partial charge in [-0.3, -0.25) is 4.79 Å². The molecular formula is C14H17O2+. The minimum Gasteiger partial charge on any atom is -0.420 e. The van der Waals surface area contributed by atoms with Crippen LogP contribution in [0.5, 0.6) is 0 Å². The summed E-state index contributed by atoms with van der Waals surface area (Å²) >= 11 is 0. The van der Waals surface area contributed by atoms with E-state index in [0.29, 0.717) is 6.42 Å². The third-order valence-electron chi connectivity index (χ3n) is 3.46. The van der Waals surface area contributed by atoms with Crippen LogP contribution in [0.4, 0.5) is 0 Å². The predicted molar refractivity (Wildman–Crippen MR) is 62.8 cm³/mol. The largest absolute Gasteiger partial charge is 0.420 e. The molecule has 1 heterocycles. The SMILES string of the molecule is [CH2+][C@H]1C[C@](c2ccccc2)(C(C)C)C(=O)O1. The van der Waals surface area contributed by atoms with E-state index in [1.165, 1.54) is 0 Å². The summed E-state index contributed by atoms with van der Waals surface area (Å²) in [5, 5.41) is 0. The van der Waals surface area contributed by atoms with Gasteiger partial charge in [-0.15, -0.1) is 0 Å². The molecule has 2 nitrogen and oxygen atoms in total. The third kappa shape index (κ3) is 1.49. The molecule has 0 saturated carbocycles. The van der Waals surface area contributed by atoms with Crippen LogP contribution in [0, 0.1) is 12.8 Å². The summed E-state index contributed by atoms with van der Waals surface area (Å²) in [6.45, 7) is 7.97. The molecule has 2 heteroatoms. The smallest absolute Gasteiger partial charge is 0.320 e. The molecule has 0 bridgehead atoms. The number of ether oxygens (including phenoxy) is 1. The lowest BCUT2D eigenvalue weighted by molar-refractivity contribution is -0.145. The van der Waals surface area contributed by atoms with Gasteiger partial charge >= 0.3 is 5.97 Å². The van der Waals surface area contributed by atoms with Crippen molar-refractivity contribution < 1.29 is 9.53 Å². The van der Waals surface area contributed by atoms with Crippen LogP contribution in [0.2, 0.25) is 0 Å². The van der Waals surface area contributed by atoms with Crippen LogP contribution in [-0.2, 0) is 14.9 Å². The molecule has 1 aliphatic rings. The topological polar surface area (TPSA) is 26.3 Å². The highest BCUT2D eigenvalue weighted by Gasteiger charge is 2.53. The Morgan fingerprint density at radius 1 is 1.38 bits per heavy atom. The summed E-state index contributed by atoms with van der Waals surface area (Å²) in [5.41, 5.74) is 0.536. The molecule has 1 fully saturated rings. The summed E-state index contributed by atoms with van der Waals surface area (Å²) in [4.78, 5) is 12.1. The van der Waals surface area contributed by atoms with E-state index in [1.807, 2.05) is 30.3 Å². The molecule has 2 rings (SSSR count). The lowest BCUT2D eigenvalue weighted by Gasteiger charge is -2.28. The maximum absolute atomic E-state index is 12.1. The number of hydrogen-bond acceptors (Lipinski definition) is 2. The summed E-state index contributed by atoms with van der Waals surface area (Å²) < 4.78 is 5.24. The van der Waals surface area contributed by atoms with Gasteiger partial charge in [0.05, 0.1) is 0 Å². The van der Waals surface area contributed by atoms with Gasteiger partial charge in [0.25, 0.3) is 0 Å². The van der Waals surface area contributed by atoms with Crippen molar-refractivity contribution in [3.05, 3.63) is 42.8 Å². The Morgan fingerprint density at radius 2 is 2.00 bits per heavy atom. The highest BCUT2D eigenvalue weighted by Crippen LogP contribution is 2.43. The molecule has 84 valence electrons. The van der Waals surface area contributed by atoms with Gasteiger partial charge in [-0.2, -0.15) is 0 Å². The van der Waals surface area contributed by atoms with E-state index in [9.17, 15) is 4.79 Å². The monoisotopic (exact) mass is 217 g/mol. The Bertz CT molecular complexity index is 383. The van der Waals surface area contributed by atoms with Crippen LogP contribution < -0.4 is 0 Å². The molecule has 1 aliphatic heterocycles. The summed E-state index contributed by atoms with van der Waals surface area (Å²) in [6.07, 6.45) is 0.447. The number of cyclic esters (lactones) is 1. The van der Waals surface area contributed by atoms with Crippen molar-refractivity contribution >= 4 is 5.97 Å². The van der Waals surface area contributed by atoms with Gasteiger partial charge < -0.3 is 4.74 Å². The van der Waals surface area contributed by atoms with Crippen LogP contribution >= 0.6 is 0 Å². The van der Waals surface area contributed by atoms with Crippen molar-refractivity contribution in [2.45, 2.75) is 31.8 Å². The number of hydrogen-bond donors (Lipinski definition) is 0. The van der Waals surface area contributed by atoms with Crippen molar-refractivity contribution in [2.24, 2.45) is 5.92 Å². The van der Waals surface area contributed by atoms with Gasteiger partial charge in [-0.25, -0.2) is 0 Å². The molecule has 0 radical (unpaired) electrons. The second-order valence-electron chi connectivity index (χ2n) is 4.72. The van der Waals surface area contributed by atoms with Gasteiger partial charge in [0.15, 0.2) is 0 Å². The van der Waals surface area contributed by atoms with Crippen molar-refractivity contribution in [1.82, 2.24) is 0 Å². The van der Waals surface area contributed by atoms with E-state index in [0.717, 1.165) is 5.56 Å². The van der Waals surface area contributed by atoms with Crippen LogP contribution in [0.15, 0.2) is 30.3 Å². The van der Waals surface area contributed by atoms with E-state index in [1.54, 1.807) is 0 Å². The maximum atomic E-state index is 12.1. The first kappa shape index (κ1) is 11.1. The van der Waals surface area contributed by atoms with Crippen molar-refractivity contribution in [2.75, 3.05) is 0 Å². The lowest BCUT2D eigenvalue weighted by Crippen LogP contribution is -2.37. The molecule has 16 heavy (non-hydrogen) atoms. The van der Waals surface area contributed by atoms with E-state index >= 15 is 0 Å². The van der Waals surface area contributed by atoms with E-state index in [2.05, 4.69) is 20.8 Å². The van der Waals surface area contributed by atoms with Crippen LogP contribution in [0.25, 0.3) is 0 Å². The second kappa shape index (κ2) is 3.85. The van der Waals surface area contributed by atoms with Gasteiger partial charge in [-0.05, 0) is 11.5 Å². The van der Waals surface area contributed by atoms with Crippen LogP contribution in [-0.4, -0.2) is 12.1 Å².